The van der Waals surface area contributed by atoms with Crippen molar-refractivity contribution in [3.05, 3.63) is 108 Å². The molecule has 2 amide bonds. The number of amides is 2. The van der Waals surface area contributed by atoms with Crippen LogP contribution in [0.4, 0.5) is 10.1 Å². The maximum absolute atomic E-state index is 13.4. The van der Waals surface area contributed by atoms with Gasteiger partial charge in [-0.1, -0.05) is 38.3 Å². The Morgan fingerprint density at radius 1 is 1.30 bits per heavy atom. The molecule has 3 N–H and O–H groups in total. The number of H-pyrrole nitrogens is 1. The van der Waals surface area contributed by atoms with Crippen molar-refractivity contribution < 1.29 is 19.1 Å². The van der Waals surface area contributed by atoms with Crippen molar-refractivity contribution in [3.63, 3.8) is 0 Å². The third-order valence-corrected chi connectivity index (χ3v) is 6.21. The van der Waals surface area contributed by atoms with E-state index >= 15 is 0 Å². The number of aliphatic hydroxyl groups is 1. The quantitative estimate of drug-likeness (QED) is 0.382. The fourth-order valence-electron chi connectivity index (χ4n) is 4.50. The lowest BCUT2D eigenvalue weighted by molar-refractivity contribution is 0.0711. The summed E-state index contributed by atoms with van der Waals surface area (Å²) in [6, 6.07) is 10.4. The third-order valence-electron chi connectivity index (χ3n) is 6.21. The van der Waals surface area contributed by atoms with Crippen molar-refractivity contribution in [1.82, 2.24) is 19.7 Å². The second kappa shape index (κ2) is 10.8. The molecule has 0 aliphatic carbocycles. The summed E-state index contributed by atoms with van der Waals surface area (Å²) in [6.07, 6.45) is 3.75. The summed E-state index contributed by atoms with van der Waals surface area (Å²) in [7, 11) is 0. The van der Waals surface area contributed by atoms with Gasteiger partial charge in [-0.05, 0) is 48.4 Å². The molecule has 0 bridgehead atoms. The SMILES string of the molecule is C=C(F)/C=C\C(=C)Cn1nc(C(=O)Nc2cccc([C@H](C)O)c2)c2c1[C@H](C)CN(C(=O)c1ccc[nH]1)C2. The minimum atomic E-state index is -0.684. The summed E-state index contributed by atoms with van der Waals surface area (Å²) in [6.45, 7) is 11.7. The highest BCUT2D eigenvalue weighted by Crippen LogP contribution is 2.32. The topological polar surface area (TPSA) is 103 Å². The number of rotatable bonds is 8. The van der Waals surface area contributed by atoms with Crippen molar-refractivity contribution in [2.75, 3.05) is 11.9 Å². The van der Waals surface area contributed by atoms with Crippen molar-refractivity contribution in [2.24, 2.45) is 0 Å². The van der Waals surface area contributed by atoms with Crippen molar-refractivity contribution in [1.29, 1.82) is 0 Å². The minimum Gasteiger partial charge on any atom is -0.389 e. The smallest absolute Gasteiger partial charge is 0.276 e. The number of hydrogen-bond acceptors (Lipinski definition) is 4. The molecule has 37 heavy (non-hydrogen) atoms. The molecule has 0 unspecified atom stereocenters. The monoisotopic (exact) mass is 503 g/mol. The Hall–Kier alpha value is -4.24. The van der Waals surface area contributed by atoms with Gasteiger partial charge in [-0.25, -0.2) is 4.39 Å². The number of aromatic amines is 1. The molecule has 0 saturated heterocycles. The van der Waals surface area contributed by atoms with Crippen molar-refractivity contribution in [2.45, 2.75) is 39.0 Å². The van der Waals surface area contributed by atoms with Crippen LogP contribution in [0.2, 0.25) is 0 Å². The highest BCUT2D eigenvalue weighted by molar-refractivity contribution is 6.04. The fourth-order valence-corrected chi connectivity index (χ4v) is 4.50. The number of nitrogens with one attached hydrogen (secondary N) is 2. The van der Waals surface area contributed by atoms with Gasteiger partial charge in [0.05, 0.1) is 19.2 Å². The Labute approximate surface area is 214 Å². The maximum atomic E-state index is 13.4. The van der Waals surface area contributed by atoms with E-state index < -0.39 is 17.8 Å². The Kier molecular flexibility index (Phi) is 7.54. The van der Waals surface area contributed by atoms with Crippen LogP contribution in [0, 0.1) is 0 Å². The molecule has 2 aromatic heterocycles. The zero-order valence-corrected chi connectivity index (χ0v) is 20.9. The Balaban J connectivity index is 1.69. The van der Waals surface area contributed by atoms with Gasteiger partial charge in [0.2, 0.25) is 0 Å². The molecule has 0 fully saturated rings. The minimum absolute atomic E-state index is 0.122. The molecule has 3 aromatic rings. The largest absolute Gasteiger partial charge is 0.389 e. The molecular formula is C28H30FN5O3. The van der Waals surface area contributed by atoms with E-state index in [9.17, 15) is 19.1 Å². The number of halogens is 1. The molecule has 192 valence electrons. The second-order valence-corrected chi connectivity index (χ2v) is 9.23. The first-order valence-corrected chi connectivity index (χ1v) is 12.0. The Morgan fingerprint density at radius 2 is 2.08 bits per heavy atom. The van der Waals surface area contributed by atoms with Gasteiger partial charge in [-0.15, -0.1) is 0 Å². The molecule has 0 saturated carbocycles. The number of carbonyl (C=O) groups is 2. The van der Waals surface area contributed by atoms with Crippen LogP contribution in [-0.2, 0) is 13.1 Å². The summed E-state index contributed by atoms with van der Waals surface area (Å²) < 4.78 is 14.8. The number of benzene rings is 1. The van der Waals surface area contributed by atoms with Crippen LogP contribution in [-0.4, -0.2) is 43.1 Å². The van der Waals surface area contributed by atoms with Crippen molar-refractivity contribution >= 4 is 17.5 Å². The average molecular weight is 504 g/mol. The Bertz CT molecular complexity index is 1370. The van der Waals surface area contributed by atoms with Crippen LogP contribution in [0.15, 0.2) is 79.3 Å². The number of anilines is 1. The van der Waals surface area contributed by atoms with Gasteiger partial charge in [0, 0.05) is 35.6 Å². The molecule has 3 heterocycles. The number of fused-ring (bicyclic) bond motifs is 1. The number of hydrogen-bond donors (Lipinski definition) is 3. The normalized spacial score (nSPS) is 15.9. The summed E-state index contributed by atoms with van der Waals surface area (Å²) in [4.78, 5) is 31.2. The number of carbonyl (C=O) groups excluding carboxylic acids is 2. The number of nitrogens with zero attached hydrogens (tertiary/aromatic N) is 3. The van der Waals surface area contributed by atoms with Gasteiger partial charge < -0.3 is 20.3 Å². The summed E-state index contributed by atoms with van der Waals surface area (Å²) in [5.74, 6) is -1.31. The van der Waals surface area contributed by atoms with Crippen LogP contribution in [0.3, 0.4) is 0 Å². The molecule has 1 aliphatic rings. The number of aromatic nitrogens is 3. The maximum Gasteiger partial charge on any atom is 0.276 e. The van der Waals surface area contributed by atoms with E-state index in [0.29, 0.717) is 34.6 Å². The zero-order valence-electron chi connectivity index (χ0n) is 20.9. The van der Waals surface area contributed by atoms with Gasteiger partial charge in [0.25, 0.3) is 11.8 Å². The first-order chi connectivity index (χ1) is 17.6. The predicted molar refractivity (Wildman–Crippen MR) is 140 cm³/mol. The van der Waals surface area contributed by atoms with Gasteiger partial charge in [0.15, 0.2) is 5.69 Å². The van der Waals surface area contributed by atoms with Gasteiger partial charge in [0.1, 0.15) is 11.5 Å². The summed E-state index contributed by atoms with van der Waals surface area (Å²) in [5, 5.41) is 17.4. The number of aliphatic hydroxyl groups excluding tert-OH is 1. The van der Waals surface area contributed by atoms with Crippen LogP contribution in [0.25, 0.3) is 0 Å². The van der Waals surface area contributed by atoms with Gasteiger partial charge >= 0.3 is 0 Å². The molecule has 0 spiro atoms. The predicted octanol–water partition coefficient (Wildman–Crippen LogP) is 4.87. The zero-order chi connectivity index (χ0) is 26.7. The van der Waals surface area contributed by atoms with Gasteiger partial charge in [-0.2, -0.15) is 5.10 Å². The molecule has 1 aliphatic heterocycles. The molecule has 1 aromatic carbocycles. The summed E-state index contributed by atoms with van der Waals surface area (Å²) >= 11 is 0. The first kappa shape index (κ1) is 25.8. The van der Waals surface area contributed by atoms with Crippen LogP contribution >= 0.6 is 0 Å². The summed E-state index contributed by atoms with van der Waals surface area (Å²) in [5.41, 5.74) is 3.90. The molecule has 4 rings (SSSR count). The molecule has 8 nitrogen and oxygen atoms in total. The van der Waals surface area contributed by atoms with E-state index in [0.717, 1.165) is 5.69 Å². The van der Waals surface area contributed by atoms with E-state index in [4.69, 9.17) is 0 Å². The van der Waals surface area contributed by atoms with Crippen molar-refractivity contribution in [3.8, 4) is 0 Å². The third kappa shape index (κ3) is 5.78. The molecule has 9 heteroatoms. The highest BCUT2D eigenvalue weighted by Gasteiger charge is 2.34. The molecule has 2 atom stereocenters. The van der Waals surface area contributed by atoms with Gasteiger partial charge in [-0.3, -0.25) is 14.3 Å². The van der Waals surface area contributed by atoms with Crippen LogP contribution in [0.5, 0.6) is 0 Å². The lowest BCUT2D eigenvalue weighted by Crippen LogP contribution is -2.38. The lowest BCUT2D eigenvalue weighted by Gasteiger charge is -2.32. The van der Waals surface area contributed by atoms with E-state index in [1.54, 1.807) is 59.1 Å². The fraction of sp³-hybridized carbons (Fsp3) is 0.250. The second-order valence-electron chi connectivity index (χ2n) is 9.23. The standard InChI is InChI=1S/C28H30FN5O3/c1-17(10-11-19(3)29)14-34-26-18(2)15-33(28(37)24-9-6-12-30-24)16-23(26)25(32-34)27(36)31-22-8-5-7-21(13-22)20(4)35/h5-13,18,20,30,35H,1,3,14-16H2,2,4H3,(H,31,36)/b11-10-/t18-,20+/m1/s1. The number of allylic oxidation sites excluding steroid dienone is 4. The lowest BCUT2D eigenvalue weighted by atomic mass is 9.95. The Morgan fingerprint density at radius 3 is 2.76 bits per heavy atom. The average Bonchev–Trinajstić information content (AvgIpc) is 3.51. The van der Waals surface area contributed by atoms with Crippen LogP contribution < -0.4 is 5.32 Å². The van der Waals surface area contributed by atoms with E-state index in [1.807, 2.05) is 6.92 Å². The first-order valence-electron chi connectivity index (χ1n) is 12.0. The van der Waals surface area contributed by atoms with Crippen LogP contribution in [0.1, 0.15) is 63.7 Å². The molecule has 0 radical (unpaired) electrons. The highest BCUT2D eigenvalue weighted by atomic mass is 19.1. The van der Waals surface area contributed by atoms with E-state index in [-0.39, 0.29) is 30.6 Å². The van der Waals surface area contributed by atoms with E-state index in [2.05, 4.69) is 28.6 Å². The van der Waals surface area contributed by atoms with E-state index in [1.165, 1.54) is 12.2 Å². The molecular weight excluding hydrogens is 473 g/mol.